The number of benzene rings is 1. The van der Waals surface area contributed by atoms with Crippen molar-refractivity contribution in [2.24, 2.45) is 0 Å². The van der Waals surface area contributed by atoms with E-state index >= 15 is 0 Å². The van der Waals surface area contributed by atoms with Gasteiger partial charge in [-0.25, -0.2) is 0 Å². The lowest BCUT2D eigenvalue weighted by Crippen LogP contribution is -2.04. The zero-order valence-corrected chi connectivity index (χ0v) is 10.3. The lowest BCUT2D eigenvalue weighted by molar-refractivity contribution is 0.0979. The molecule has 0 N–H and O–H groups in total. The van der Waals surface area contributed by atoms with Crippen LogP contribution in [0.15, 0.2) is 48.7 Å². The molecule has 2 aromatic rings. The van der Waals surface area contributed by atoms with E-state index in [1.165, 1.54) is 0 Å². The van der Waals surface area contributed by atoms with Gasteiger partial charge in [0.25, 0.3) is 0 Å². The van der Waals surface area contributed by atoms with Crippen LogP contribution < -0.4 is 4.74 Å². The third-order valence-corrected chi connectivity index (χ3v) is 2.74. The van der Waals surface area contributed by atoms with E-state index in [1.54, 1.807) is 25.4 Å². The topological polar surface area (TPSA) is 39.2 Å². The van der Waals surface area contributed by atoms with E-state index < -0.39 is 0 Å². The molecule has 0 spiro atoms. The average molecular weight is 241 g/mol. The number of aromatic nitrogens is 1. The maximum atomic E-state index is 12.1. The molecule has 0 aliphatic rings. The number of aryl methyl sites for hydroxylation is 1. The SMILES string of the molecule is COc1ccccc1C(=O)CCc1ccccn1. The molecule has 92 valence electrons. The number of carbonyl (C=O) groups excluding carboxylic acids is 1. The summed E-state index contributed by atoms with van der Waals surface area (Å²) in [7, 11) is 1.57. The number of methoxy groups -OCH3 is 1. The van der Waals surface area contributed by atoms with Gasteiger partial charge in [-0.3, -0.25) is 9.78 Å². The molecule has 1 aromatic carbocycles. The summed E-state index contributed by atoms with van der Waals surface area (Å²) >= 11 is 0. The predicted molar refractivity (Wildman–Crippen MR) is 69.9 cm³/mol. The molecule has 0 aliphatic carbocycles. The van der Waals surface area contributed by atoms with E-state index in [9.17, 15) is 4.79 Å². The highest BCUT2D eigenvalue weighted by atomic mass is 16.5. The first-order valence-corrected chi connectivity index (χ1v) is 5.87. The highest BCUT2D eigenvalue weighted by Gasteiger charge is 2.11. The van der Waals surface area contributed by atoms with E-state index in [1.807, 2.05) is 30.3 Å². The van der Waals surface area contributed by atoms with Crippen molar-refractivity contribution in [2.45, 2.75) is 12.8 Å². The second kappa shape index (κ2) is 5.96. The third kappa shape index (κ3) is 2.94. The normalized spacial score (nSPS) is 10.1. The van der Waals surface area contributed by atoms with Gasteiger partial charge in [-0.15, -0.1) is 0 Å². The fourth-order valence-corrected chi connectivity index (χ4v) is 1.80. The molecule has 0 bridgehead atoms. The van der Waals surface area contributed by atoms with Crippen molar-refractivity contribution in [3.63, 3.8) is 0 Å². The van der Waals surface area contributed by atoms with Crippen LogP contribution in [-0.2, 0) is 6.42 Å². The maximum absolute atomic E-state index is 12.1. The zero-order valence-electron chi connectivity index (χ0n) is 10.3. The van der Waals surface area contributed by atoms with Gasteiger partial charge < -0.3 is 4.74 Å². The van der Waals surface area contributed by atoms with Gasteiger partial charge in [0.05, 0.1) is 12.7 Å². The van der Waals surface area contributed by atoms with E-state index in [4.69, 9.17) is 4.74 Å². The number of pyridine rings is 1. The summed E-state index contributed by atoms with van der Waals surface area (Å²) in [5, 5.41) is 0. The Morgan fingerprint density at radius 3 is 2.67 bits per heavy atom. The molecule has 3 heteroatoms. The highest BCUT2D eigenvalue weighted by Crippen LogP contribution is 2.19. The minimum absolute atomic E-state index is 0.0816. The predicted octanol–water partition coefficient (Wildman–Crippen LogP) is 2.91. The Bertz CT molecular complexity index is 523. The molecular weight excluding hydrogens is 226 g/mol. The minimum Gasteiger partial charge on any atom is -0.496 e. The van der Waals surface area contributed by atoms with Crippen molar-refractivity contribution < 1.29 is 9.53 Å². The van der Waals surface area contributed by atoms with Crippen LogP contribution in [0.4, 0.5) is 0 Å². The number of rotatable bonds is 5. The summed E-state index contributed by atoms with van der Waals surface area (Å²) < 4.78 is 5.18. The van der Waals surface area contributed by atoms with Crippen molar-refractivity contribution in [1.82, 2.24) is 4.98 Å². The van der Waals surface area contributed by atoms with Crippen LogP contribution in [0.2, 0.25) is 0 Å². The monoisotopic (exact) mass is 241 g/mol. The van der Waals surface area contributed by atoms with Crippen LogP contribution in [0.25, 0.3) is 0 Å². The van der Waals surface area contributed by atoms with Crippen LogP contribution in [0, 0.1) is 0 Å². The third-order valence-electron chi connectivity index (χ3n) is 2.74. The van der Waals surface area contributed by atoms with Crippen molar-refractivity contribution in [2.75, 3.05) is 7.11 Å². The Labute approximate surface area is 106 Å². The molecule has 0 amide bonds. The van der Waals surface area contributed by atoms with Gasteiger partial charge in [-0.2, -0.15) is 0 Å². The Balaban J connectivity index is 2.04. The first kappa shape index (κ1) is 12.3. The summed E-state index contributed by atoms with van der Waals surface area (Å²) in [5.41, 5.74) is 1.57. The molecule has 1 heterocycles. The molecule has 0 saturated carbocycles. The molecule has 0 unspecified atom stereocenters. The largest absolute Gasteiger partial charge is 0.496 e. The first-order valence-electron chi connectivity index (χ1n) is 5.87. The zero-order chi connectivity index (χ0) is 12.8. The van der Waals surface area contributed by atoms with Crippen molar-refractivity contribution in [1.29, 1.82) is 0 Å². The molecule has 3 nitrogen and oxygen atoms in total. The molecule has 18 heavy (non-hydrogen) atoms. The second-order valence-electron chi connectivity index (χ2n) is 3.94. The summed E-state index contributed by atoms with van der Waals surface area (Å²) in [6, 6.07) is 13.0. The number of para-hydroxylation sites is 1. The van der Waals surface area contributed by atoms with Crippen molar-refractivity contribution >= 4 is 5.78 Å². The Hall–Kier alpha value is -2.16. The average Bonchev–Trinajstić information content (AvgIpc) is 2.45. The van der Waals surface area contributed by atoms with E-state index in [0.717, 1.165) is 5.69 Å². The van der Waals surface area contributed by atoms with Gasteiger partial charge >= 0.3 is 0 Å². The second-order valence-corrected chi connectivity index (χ2v) is 3.94. The van der Waals surface area contributed by atoms with E-state index in [2.05, 4.69) is 4.98 Å². The van der Waals surface area contributed by atoms with Gasteiger partial charge in [0.15, 0.2) is 5.78 Å². The number of nitrogens with zero attached hydrogens (tertiary/aromatic N) is 1. The Morgan fingerprint density at radius 2 is 1.94 bits per heavy atom. The number of ether oxygens (including phenoxy) is 1. The van der Waals surface area contributed by atoms with Gasteiger partial charge in [-0.1, -0.05) is 18.2 Å². The fourth-order valence-electron chi connectivity index (χ4n) is 1.80. The smallest absolute Gasteiger partial charge is 0.166 e. The van der Waals surface area contributed by atoms with Crippen molar-refractivity contribution in [3.05, 3.63) is 59.9 Å². The molecule has 2 rings (SSSR count). The molecule has 1 aromatic heterocycles. The summed E-state index contributed by atoms with van der Waals surface area (Å²) in [5.74, 6) is 0.710. The quantitative estimate of drug-likeness (QED) is 0.755. The van der Waals surface area contributed by atoms with Crippen molar-refractivity contribution in [3.8, 4) is 5.75 Å². The van der Waals surface area contributed by atoms with E-state index in [0.29, 0.717) is 24.2 Å². The molecule has 0 atom stereocenters. The van der Waals surface area contributed by atoms with Gasteiger partial charge in [0.2, 0.25) is 0 Å². The molecule has 0 fully saturated rings. The standard InChI is InChI=1S/C15H15NO2/c1-18-15-8-3-2-7-13(15)14(17)10-9-12-6-4-5-11-16-12/h2-8,11H,9-10H2,1H3. The Morgan fingerprint density at radius 1 is 1.17 bits per heavy atom. The minimum atomic E-state index is 0.0816. The lowest BCUT2D eigenvalue weighted by atomic mass is 10.0. The van der Waals surface area contributed by atoms with Crippen LogP contribution in [-0.4, -0.2) is 17.9 Å². The van der Waals surface area contributed by atoms with Gasteiger partial charge in [-0.05, 0) is 30.7 Å². The summed E-state index contributed by atoms with van der Waals surface area (Å²) in [6.07, 6.45) is 2.83. The maximum Gasteiger partial charge on any atom is 0.166 e. The number of ketones is 1. The Kier molecular flexibility index (Phi) is 4.07. The van der Waals surface area contributed by atoms with Crippen LogP contribution in [0.5, 0.6) is 5.75 Å². The molecule has 0 saturated heterocycles. The first-order chi connectivity index (χ1) is 8.81. The summed E-state index contributed by atoms with van der Waals surface area (Å²) in [6.45, 7) is 0. The van der Waals surface area contributed by atoms with Gasteiger partial charge in [0.1, 0.15) is 5.75 Å². The van der Waals surface area contributed by atoms with Crippen LogP contribution in [0.3, 0.4) is 0 Å². The molecular formula is C15H15NO2. The van der Waals surface area contributed by atoms with Gasteiger partial charge in [0, 0.05) is 18.3 Å². The van der Waals surface area contributed by atoms with E-state index in [-0.39, 0.29) is 5.78 Å². The summed E-state index contributed by atoms with van der Waals surface area (Å²) in [4.78, 5) is 16.3. The number of Topliss-reactive ketones (excluding diaryl/α,β-unsaturated/α-hetero) is 1. The number of carbonyl (C=O) groups is 1. The van der Waals surface area contributed by atoms with Crippen LogP contribution >= 0.6 is 0 Å². The number of hydrogen-bond donors (Lipinski definition) is 0. The van der Waals surface area contributed by atoms with Crippen LogP contribution in [0.1, 0.15) is 22.5 Å². The highest BCUT2D eigenvalue weighted by molar-refractivity contribution is 5.98. The molecule has 0 radical (unpaired) electrons. The number of hydrogen-bond acceptors (Lipinski definition) is 3. The molecule has 0 aliphatic heterocycles. The fraction of sp³-hybridized carbons (Fsp3) is 0.200. The lowest BCUT2D eigenvalue weighted by Gasteiger charge is -2.06.